The minimum atomic E-state index is -2.54. The molecule has 2 rings (SSSR count). The largest absolute Gasteiger partial charge is 0.487 e. The topological polar surface area (TPSA) is 51.2 Å². The molecule has 0 bridgehead atoms. The van der Waals surface area contributed by atoms with Gasteiger partial charge in [-0.15, -0.1) is 0 Å². The van der Waals surface area contributed by atoms with Crippen LogP contribution >= 0.6 is 0 Å². The minimum Gasteiger partial charge on any atom is -0.487 e. The van der Waals surface area contributed by atoms with Crippen LogP contribution in [0, 0.1) is 6.92 Å². The van der Waals surface area contributed by atoms with Crippen molar-refractivity contribution in [3.8, 4) is 5.75 Å². The van der Waals surface area contributed by atoms with Crippen molar-refractivity contribution in [3.05, 3.63) is 53.3 Å². The normalized spacial score (nSPS) is 10.7. The number of pyridine rings is 1. The Bertz CT molecular complexity index is 690. The summed E-state index contributed by atoms with van der Waals surface area (Å²) in [6.45, 7) is 3.02. The van der Waals surface area contributed by atoms with Crippen molar-refractivity contribution in [3.63, 3.8) is 0 Å². The maximum atomic E-state index is 12.4. The molecule has 1 aromatic carbocycles. The molecule has 0 aliphatic rings. The van der Waals surface area contributed by atoms with Crippen LogP contribution in [0.4, 0.5) is 14.5 Å². The van der Waals surface area contributed by atoms with E-state index in [2.05, 4.69) is 10.3 Å². The second-order valence-electron chi connectivity index (χ2n) is 5.02. The number of nitrogens with one attached hydrogen (secondary N) is 1. The van der Waals surface area contributed by atoms with Gasteiger partial charge in [0.05, 0.1) is 0 Å². The van der Waals surface area contributed by atoms with Gasteiger partial charge in [-0.2, -0.15) is 0 Å². The van der Waals surface area contributed by atoms with Gasteiger partial charge in [0.25, 0.3) is 12.3 Å². The molecule has 2 aromatic rings. The number of hydrogen-bond acceptors (Lipinski definition) is 3. The molecule has 4 nitrogen and oxygen atoms in total. The smallest absolute Gasteiger partial charge is 0.272 e. The first-order valence-corrected chi connectivity index (χ1v) is 7.27. The third-order valence-electron chi connectivity index (χ3n) is 3.34. The first kappa shape index (κ1) is 16.9. The van der Waals surface area contributed by atoms with Crippen LogP contribution in [0.1, 0.15) is 28.4 Å². The van der Waals surface area contributed by atoms with Crippen LogP contribution in [-0.4, -0.2) is 23.9 Å². The average molecular weight is 320 g/mol. The van der Waals surface area contributed by atoms with Gasteiger partial charge < -0.3 is 10.1 Å². The van der Waals surface area contributed by atoms with E-state index in [4.69, 9.17) is 4.74 Å². The molecule has 0 fully saturated rings. The van der Waals surface area contributed by atoms with E-state index in [0.717, 1.165) is 11.1 Å². The molecule has 0 saturated carbocycles. The van der Waals surface area contributed by atoms with E-state index in [-0.39, 0.29) is 5.91 Å². The number of alkyl halides is 2. The van der Waals surface area contributed by atoms with Crippen molar-refractivity contribution in [1.29, 1.82) is 0 Å². The molecule has 0 spiro atoms. The molecular formula is C17H18F2N2O2. The summed E-state index contributed by atoms with van der Waals surface area (Å²) < 4.78 is 29.6. The van der Waals surface area contributed by atoms with Crippen molar-refractivity contribution in [2.24, 2.45) is 0 Å². The highest BCUT2D eigenvalue weighted by molar-refractivity contribution is 6.05. The van der Waals surface area contributed by atoms with Gasteiger partial charge >= 0.3 is 0 Å². The van der Waals surface area contributed by atoms with E-state index in [9.17, 15) is 13.6 Å². The Morgan fingerprint density at radius 3 is 2.83 bits per heavy atom. The number of halogens is 2. The summed E-state index contributed by atoms with van der Waals surface area (Å²) in [6.07, 6.45) is 1.35. The van der Waals surface area contributed by atoms with Crippen LogP contribution < -0.4 is 10.1 Å². The fraction of sp³-hybridized carbons (Fsp3) is 0.294. The molecule has 1 amide bonds. The van der Waals surface area contributed by atoms with Gasteiger partial charge in [0.2, 0.25) is 0 Å². The third-order valence-corrected chi connectivity index (χ3v) is 3.34. The van der Waals surface area contributed by atoms with Gasteiger partial charge in [-0.3, -0.25) is 9.78 Å². The predicted octanol–water partition coefficient (Wildman–Crippen LogP) is 3.85. The van der Waals surface area contributed by atoms with Crippen molar-refractivity contribution < 1.29 is 18.3 Å². The molecule has 0 atom stereocenters. The Kier molecular flexibility index (Phi) is 5.62. The SMILES string of the molecule is CCc1cnccc1C(=O)Nc1ccc(C)c(OCC(F)F)c1. The van der Waals surface area contributed by atoms with Crippen molar-refractivity contribution in [2.75, 3.05) is 11.9 Å². The second kappa shape index (κ2) is 7.67. The van der Waals surface area contributed by atoms with Crippen LogP contribution in [0.2, 0.25) is 0 Å². The number of carbonyl (C=O) groups excluding carboxylic acids is 1. The molecular weight excluding hydrogens is 302 g/mol. The lowest BCUT2D eigenvalue weighted by Gasteiger charge is -2.12. The molecule has 1 heterocycles. The Morgan fingerprint density at radius 2 is 2.13 bits per heavy atom. The van der Waals surface area contributed by atoms with Crippen LogP contribution in [-0.2, 0) is 6.42 Å². The molecule has 0 radical (unpaired) electrons. The van der Waals surface area contributed by atoms with Crippen molar-refractivity contribution in [1.82, 2.24) is 4.98 Å². The number of carbonyl (C=O) groups is 1. The number of aromatic nitrogens is 1. The summed E-state index contributed by atoms with van der Waals surface area (Å²) in [5.41, 5.74) is 2.59. The Labute approximate surface area is 133 Å². The number of anilines is 1. The Balaban J connectivity index is 2.16. The van der Waals surface area contributed by atoms with Crippen LogP contribution in [0.3, 0.4) is 0 Å². The molecule has 1 aromatic heterocycles. The number of hydrogen-bond donors (Lipinski definition) is 1. The zero-order valence-electron chi connectivity index (χ0n) is 13.0. The molecule has 23 heavy (non-hydrogen) atoms. The minimum absolute atomic E-state index is 0.270. The number of aryl methyl sites for hydroxylation is 2. The maximum Gasteiger partial charge on any atom is 0.272 e. The zero-order valence-corrected chi connectivity index (χ0v) is 13.0. The molecule has 122 valence electrons. The van der Waals surface area contributed by atoms with Crippen LogP contribution in [0.15, 0.2) is 36.7 Å². The van der Waals surface area contributed by atoms with E-state index < -0.39 is 13.0 Å². The fourth-order valence-corrected chi connectivity index (χ4v) is 2.11. The maximum absolute atomic E-state index is 12.4. The van der Waals surface area contributed by atoms with Gasteiger partial charge in [0, 0.05) is 29.7 Å². The molecule has 0 saturated heterocycles. The summed E-state index contributed by atoms with van der Waals surface area (Å²) in [6, 6.07) is 6.61. The lowest BCUT2D eigenvalue weighted by atomic mass is 10.1. The lowest BCUT2D eigenvalue weighted by molar-refractivity contribution is 0.0815. The van der Waals surface area contributed by atoms with E-state index >= 15 is 0 Å². The Hall–Kier alpha value is -2.50. The number of rotatable bonds is 6. The summed E-state index contributed by atoms with van der Waals surface area (Å²) in [7, 11) is 0. The van der Waals surface area contributed by atoms with E-state index in [1.807, 2.05) is 6.92 Å². The van der Waals surface area contributed by atoms with E-state index in [1.54, 1.807) is 43.6 Å². The summed E-state index contributed by atoms with van der Waals surface area (Å²) in [5.74, 6) is 0.0569. The van der Waals surface area contributed by atoms with Crippen LogP contribution in [0.25, 0.3) is 0 Å². The van der Waals surface area contributed by atoms with Gasteiger partial charge in [0.15, 0.2) is 0 Å². The van der Waals surface area contributed by atoms with Crippen molar-refractivity contribution >= 4 is 11.6 Å². The predicted molar refractivity (Wildman–Crippen MR) is 84.2 cm³/mol. The van der Waals surface area contributed by atoms with Crippen molar-refractivity contribution in [2.45, 2.75) is 26.7 Å². The van der Waals surface area contributed by atoms with E-state index in [0.29, 0.717) is 23.4 Å². The highest BCUT2D eigenvalue weighted by atomic mass is 19.3. The third kappa shape index (κ3) is 4.48. The zero-order chi connectivity index (χ0) is 16.8. The monoisotopic (exact) mass is 320 g/mol. The highest BCUT2D eigenvalue weighted by Crippen LogP contribution is 2.24. The molecule has 0 unspecified atom stereocenters. The quantitative estimate of drug-likeness (QED) is 0.879. The summed E-state index contributed by atoms with van der Waals surface area (Å²) in [4.78, 5) is 16.4. The lowest BCUT2D eigenvalue weighted by Crippen LogP contribution is -2.14. The second-order valence-corrected chi connectivity index (χ2v) is 5.02. The Morgan fingerprint density at radius 1 is 1.35 bits per heavy atom. The van der Waals surface area contributed by atoms with Gasteiger partial charge in [0.1, 0.15) is 12.4 Å². The van der Waals surface area contributed by atoms with Gasteiger partial charge in [-0.25, -0.2) is 8.78 Å². The molecule has 6 heteroatoms. The highest BCUT2D eigenvalue weighted by Gasteiger charge is 2.12. The summed E-state index contributed by atoms with van der Waals surface area (Å²) in [5, 5.41) is 2.75. The number of benzene rings is 1. The van der Waals surface area contributed by atoms with Gasteiger partial charge in [-0.05, 0) is 36.6 Å². The first-order valence-electron chi connectivity index (χ1n) is 7.27. The standard InChI is InChI=1S/C17H18F2N2O2/c1-3-12-9-20-7-6-14(12)17(22)21-13-5-4-11(2)15(8-13)23-10-16(18)19/h4-9,16H,3,10H2,1-2H3,(H,21,22). The molecule has 1 N–H and O–H groups in total. The van der Waals surface area contributed by atoms with Crippen LogP contribution in [0.5, 0.6) is 5.75 Å². The molecule has 0 aliphatic heterocycles. The van der Waals surface area contributed by atoms with E-state index in [1.165, 1.54) is 0 Å². The average Bonchev–Trinajstić information content (AvgIpc) is 2.55. The number of amides is 1. The summed E-state index contributed by atoms with van der Waals surface area (Å²) >= 11 is 0. The number of nitrogens with zero attached hydrogens (tertiary/aromatic N) is 1. The fourth-order valence-electron chi connectivity index (χ4n) is 2.11. The number of ether oxygens (including phenoxy) is 1. The van der Waals surface area contributed by atoms with Gasteiger partial charge in [-0.1, -0.05) is 13.0 Å². The first-order chi connectivity index (χ1) is 11.0. The molecule has 0 aliphatic carbocycles.